The van der Waals surface area contributed by atoms with Gasteiger partial charge in [0.05, 0.1) is 0 Å². The molecule has 2 aromatic rings. The van der Waals surface area contributed by atoms with Gasteiger partial charge in [0.25, 0.3) is 0 Å². The second-order valence-electron chi connectivity index (χ2n) is 10.5. The quantitative estimate of drug-likeness (QED) is 0.0819. The zero-order valence-electron chi connectivity index (χ0n) is 23.5. The van der Waals surface area contributed by atoms with Crippen LogP contribution >= 0.6 is 0 Å². The Labute approximate surface area is 231 Å². The summed E-state index contributed by atoms with van der Waals surface area (Å²) in [6.45, 7) is 4.57. The third-order valence-corrected chi connectivity index (χ3v) is 7.10. The molecule has 0 amide bonds. The van der Waals surface area contributed by atoms with Crippen LogP contribution in [0.5, 0.6) is 0 Å². The largest absolute Gasteiger partial charge is 2.00 e. The molecule has 2 rings (SSSR count). The van der Waals surface area contributed by atoms with E-state index in [1.807, 2.05) is 0 Å². The SMILES string of the molecule is CCCCCCCCCCCC[c-]1cccc1.CCCCCCCCCCCC[c-]1cccc1.[Fe+2]. The maximum Gasteiger partial charge on any atom is 2.00 e. The first-order valence-electron chi connectivity index (χ1n) is 15.3. The van der Waals surface area contributed by atoms with E-state index in [1.54, 1.807) is 0 Å². The molecule has 0 N–H and O–H groups in total. The van der Waals surface area contributed by atoms with Gasteiger partial charge in [0, 0.05) is 0 Å². The van der Waals surface area contributed by atoms with Gasteiger partial charge in [0.2, 0.25) is 0 Å². The molecule has 0 unspecified atom stereocenters. The van der Waals surface area contributed by atoms with E-state index < -0.39 is 0 Å². The van der Waals surface area contributed by atoms with E-state index in [4.69, 9.17) is 0 Å². The van der Waals surface area contributed by atoms with Crippen LogP contribution in [0, 0.1) is 0 Å². The Morgan fingerprint density at radius 2 is 0.571 bits per heavy atom. The van der Waals surface area contributed by atoms with Gasteiger partial charge in [-0.3, -0.25) is 0 Å². The third kappa shape index (κ3) is 23.4. The topological polar surface area (TPSA) is 0 Å². The van der Waals surface area contributed by atoms with Crippen molar-refractivity contribution >= 4 is 0 Å². The standard InChI is InChI=1S/2C17H29.Fe/c2*1-2-3-4-5-6-7-8-9-10-11-14-17-15-12-13-16-17;/h2*12-13,15-16H,2-11,14H2,1H3;/q2*-1;+2. The van der Waals surface area contributed by atoms with Crippen molar-refractivity contribution in [2.75, 3.05) is 0 Å². The summed E-state index contributed by atoms with van der Waals surface area (Å²) in [6, 6.07) is 17.6. The molecule has 0 fully saturated rings. The minimum Gasteiger partial charge on any atom is -0.213 e. The van der Waals surface area contributed by atoms with Gasteiger partial charge in [-0.2, -0.15) is 35.4 Å². The van der Waals surface area contributed by atoms with E-state index in [9.17, 15) is 0 Å². The fraction of sp³-hybridized carbons (Fsp3) is 0.706. The normalized spacial score (nSPS) is 10.6. The maximum atomic E-state index is 2.28. The van der Waals surface area contributed by atoms with E-state index in [0.717, 1.165) is 0 Å². The van der Waals surface area contributed by atoms with Crippen LogP contribution in [-0.4, -0.2) is 0 Å². The van der Waals surface area contributed by atoms with Crippen LogP contribution in [0.15, 0.2) is 48.5 Å². The van der Waals surface area contributed by atoms with Crippen LogP contribution in [0.1, 0.15) is 153 Å². The predicted octanol–water partition coefficient (Wildman–Crippen LogP) is 11.7. The van der Waals surface area contributed by atoms with Crippen LogP contribution in [-0.2, 0) is 29.9 Å². The van der Waals surface area contributed by atoms with Crippen LogP contribution in [0.2, 0.25) is 0 Å². The summed E-state index contributed by atoms with van der Waals surface area (Å²) < 4.78 is 0. The molecule has 0 aliphatic carbocycles. The van der Waals surface area contributed by atoms with E-state index in [-0.39, 0.29) is 17.1 Å². The zero-order chi connectivity index (χ0) is 24.4. The zero-order valence-corrected chi connectivity index (χ0v) is 24.6. The predicted molar refractivity (Wildman–Crippen MR) is 155 cm³/mol. The van der Waals surface area contributed by atoms with Crippen molar-refractivity contribution in [2.45, 2.75) is 155 Å². The average Bonchev–Trinajstić information content (AvgIpc) is 3.56. The Morgan fingerprint density at radius 3 is 0.829 bits per heavy atom. The van der Waals surface area contributed by atoms with E-state index in [0.29, 0.717) is 0 Å². The molecule has 35 heavy (non-hydrogen) atoms. The monoisotopic (exact) mass is 522 g/mol. The van der Waals surface area contributed by atoms with E-state index >= 15 is 0 Å². The Balaban J connectivity index is 0.000000642. The van der Waals surface area contributed by atoms with Gasteiger partial charge in [-0.25, -0.2) is 24.3 Å². The number of unbranched alkanes of at least 4 members (excludes halogenated alkanes) is 18. The van der Waals surface area contributed by atoms with E-state index in [1.165, 1.54) is 152 Å². The van der Waals surface area contributed by atoms with Crippen LogP contribution in [0.3, 0.4) is 0 Å². The Kier molecular flexibility index (Phi) is 27.2. The fourth-order valence-corrected chi connectivity index (χ4v) is 4.79. The number of hydrogen-bond acceptors (Lipinski definition) is 0. The first kappa shape index (κ1) is 34.2. The second-order valence-corrected chi connectivity index (χ2v) is 10.5. The Morgan fingerprint density at radius 1 is 0.343 bits per heavy atom. The summed E-state index contributed by atoms with van der Waals surface area (Å²) in [7, 11) is 0. The van der Waals surface area contributed by atoms with E-state index in [2.05, 4.69) is 62.4 Å². The molecule has 202 valence electrons. The van der Waals surface area contributed by atoms with Crippen molar-refractivity contribution in [3.63, 3.8) is 0 Å². The van der Waals surface area contributed by atoms with Gasteiger partial charge in [-0.15, -0.1) is 0 Å². The summed E-state index contributed by atoms with van der Waals surface area (Å²) in [5, 5.41) is 0. The molecular formula is C34H58Fe. The molecule has 2 aromatic carbocycles. The van der Waals surface area contributed by atoms with Gasteiger partial charge in [-0.1, -0.05) is 155 Å². The summed E-state index contributed by atoms with van der Waals surface area (Å²) in [6.07, 6.45) is 31.2. The summed E-state index contributed by atoms with van der Waals surface area (Å²) in [5.74, 6) is 0. The Bertz CT molecular complexity index is 526. The van der Waals surface area contributed by atoms with Crippen molar-refractivity contribution in [1.82, 2.24) is 0 Å². The van der Waals surface area contributed by atoms with Crippen molar-refractivity contribution in [3.05, 3.63) is 59.7 Å². The molecule has 0 heterocycles. The minimum absolute atomic E-state index is 0. The molecule has 0 aromatic heterocycles. The van der Waals surface area contributed by atoms with Gasteiger partial charge in [-0.05, 0) is 0 Å². The van der Waals surface area contributed by atoms with Crippen LogP contribution < -0.4 is 0 Å². The van der Waals surface area contributed by atoms with Gasteiger partial charge in [0.15, 0.2) is 0 Å². The number of hydrogen-bond donors (Lipinski definition) is 0. The summed E-state index contributed by atoms with van der Waals surface area (Å²) in [4.78, 5) is 0. The van der Waals surface area contributed by atoms with Gasteiger partial charge in [0.1, 0.15) is 0 Å². The second kappa shape index (κ2) is 27.8. The smallest absolute Gasteiger partial charge is 0.213 e. The van der Waals surface area contributed by atoms with Crippen molar-refractivity contribution in [3.8, 4) is 0 Å². The molecule has 0 aliphatic heterocycles. The molecule has 0 nitrogen and oxygen atoms in total. The van der Waals surface area contributed by atoms with Crippen LogP contribution in [0.4, 0.5) is 0 Å². The number of rotatable bonds is 22. The van der Waals surface area contributed by atoms with Crippen molar-refractivity contribution < 1.29 is 17.1 Å². The maximum absolute atomic E-state index is 2.28. The minimum atomic E-state index is 0. The molecule has 0 atom stereocenters. The van der Waals surface area contributed by atoms with Gasteiger partial charge >= 0.3 is 17.1 Å². The average molecular weight is 523 g/mol. The summed E-state index contributed by atoms with van der Waals surface area (Å²) in [5.41, 5.74) is 3.04. The van der Waals surface area contributed by atoms with Crippen molar-refractivity contribution in [2.24, 2.45) is 0 Å². The molecular weight excluding hydrogens is 464 g/mol. The fourth-order valence-electron chi connectivity index (χ4n) is 4.79. The third-order valence-electron chi connectivity index (χ3n) is 7.10. The molecule has 0 saturated carbocycles. The molecule has 0 radical (unpaired) electrons. The van der Waals surface area contributed by atoms with Crippen LogP contribution in [0.25, 0.3) is 0 Å². The molecule has 0 aliphatic rings. The van der Waals surface area contributed by atoms with Crippen molar-refractivity contribution in [1.29, 1.82) is 0 Å². The van der Waals surface area contributed by atoms with Gasteiger partial charge < -0.3 is 0 Å². The molecule has 0 saturated heterocycles. The first-order chi connectivity index (χ1) is 16.9. The molecule has 0 bridgehead atoms. The first-order valence-corrected chi connectivity index (χ1v) is 15.3. The molecule has 0 spiro atoms. The molecule has 1 heteroatoms. The number of aryl methyl sites for hydroxylation is 2. The summed E-state index contributed by atoms with van der Waals surface area (Å²) >= 11 is 0. The Hall–Kier alpha value is -0.781.